The second-order valence-corrected chi connectivity index (χ2v) is 6.91. The van der Waals surface area contributed by atoms with Gasteiger partial charge in [0.1, 0.15) is 0 Å². The second kappa shape index (κ2) is 10.4. The average molecular weight is 455 g/mol. The molecule has 5 nitrogen and oxygen atoms in total. The van der Waals surface area contributed by atoms with Gasteiger partial charge in [-0.2, -0.15) is 0 Å². The maximum Gasteiger partial charge on any atom is 0.286 e. The average Bonchev–Trinajstić information content (AvgIpc) is 2.63. The first-order chi connectivity index (χ1) is 12.1. The van der Waals surface area contributed by atoms with Gasteiger partial charge in [-0.1, -0.05) is 18.1 Å². The summed E-state index contributed by atoms with van der Waals surface area (Å²) in [6, 6.07) is 8.17. The number of benzene rings is 1. The Morgan fingerprint density at radius 3 is 2.84 bits per heavy atom. The number of hydrogen-bond acceptors (Lipinski definition) is 4. The Kier molecular flexibility index (Phi) is 8.25. The highest BCUT2D eigenvalue weighted by molar-refractivity contribution is 14.1. The van der Waals surface area contributed by atoms with E-state index in [4.69, 9.17) is 21.0 Å². The zero-order valence-electron chi connectivity index (χ0n) is 13.9. The summed E-state index contributed by atoms with van der Waals surface area (Å²) in [6.07, 6.45) is 8.56. The molecule has 1 aromatic rings. The normalized spacial score (nSPS) is 19.5. The molecule has 134 valence electrons. The molecule has 2 atom stereocenters. The van der Waals surface area contributed by atoms with Crippen LogP contribution in [0.3, 0.4) is 0 Å². The van der Waals surface area contributed by atoms with Crippen molar-refractivity contribution in [3.63, 3.8) is 0 Å². The number of halogens is 1. The number of rotatable bonds is 8. The lowest BCUT2D eigenvalue weighted by molar-refractivity contribution is -0.146. The molecule has 0 saturated heterocycles. The molecule has 2 N–H and O–H groups in total. The minimum absolute atomic E-state index is 0.0279. The van der Waals surface area contributed by atoms with Gasteiger partial charge in [0.2, 0.25) is 6.29 Å². The van der Waals surface area contributed by atoms with Gasteiger partial charge >= 0.3 is 0 Å². The first-order valence-corrected chi connectivity index (χ1v) is 9.30. The Bertz CT molecular complexity index is 636. The molecule has 0 fully saturated rings. The van der Waals surface area contributed by atoms with Crippen LogP contribution in [-0.4, -0.2) is 37.1 Å². The number of hydrogen-bond donors (Lipinski definition) is 2. The lowest BCUT2D eigenvalue weighted by Gasteiger charge is -2.29. The van der Waals surface area contributed by atoms with Crippen molar-refractivity contribution < 1.29 is 19.4 Å². The maximum absolute atomic E-state index is 12.2. The smallest absolute Gasteiger partial charge is 0.286 e. The summed E-state index contributed by atoms with van der Waals surface area (Å²) in [5, 5.41) is 11.5. The lowest BCUT2D eigenvalue weighted by atomic mass is 9.93. The van der Waals surface area contributed by atoms with E-state index in [9.17, 15) is 4.79 Å². The fourth-order valence-corrected chi connectivity index (χ4v) is 2.87. The van der Waals surface area contributed by atoms with E-state index in [1.165, 1.54) is 0 Å². The summed E-state index contributed by atoms with van der Waals surface area (Å²) in [6.45, 7) is 0.763. The van der Waals surface area contributed by atoms with Crippen molar-refractivity contribution in [2.45, 2.75) is 31.5 Å². The number of carbonyl (C=O) groups is 1. The quantitative estimate of drug-likeness (QED) is 0.359. The van der Waals surface area contributed by atoms with E-state index in [1.807, 2.05) is 30.3 Å². The number of ether oxygens (including phenoxy) is 2. The van der Waals surface area contributed by atoms with Gasteiger partial charge in [0.25, 0.3) is 5.91 Å². The zero-order valence-corrected chi connectivity index (χ0v) is 16.1. The summed E-state index contributed by atoms with van der Waals surface area (Å²) in [7, 11) is 0. The van der Waals surface area contributed by atoms with Crippen molar-refractivity contribution in [1.29, 1.82) is 0 Å². The van der Waals surface area contributed by atoms with Crippen LogP contribution < -0.4 is 5.32 Å². The number of amides is 1. The summed E-state index contributed by atoms with van der Waals surface area (Å²) < 4.78 is 12.6. The van der Waals surface area contributed by atoms with Crippen LogP contribution in [0.4, 0.5) is 0 Å². The largest absolute Gasteiger partial charge is 0.459 e. The molecule has 0 aliphatic carbocycles. The minimum Gasteiger partial charge on any atom is -0.459 e. The molecule has 6 heteroatoms. The van der Waals surface area contributed by atoms with Gasteiger partial charge in [0, 0.05) is 22.5 Å². The van der Waals surface area contributed by atoms with Crippen molar-refractivity contribution in [3.05, 3.63) is 45.2 Å². The van der Waals surface area contributed by atoms with Crippen molar-refractivity contribution in [3.8, 4) is 12.3 Å². The number of nitrogens with one attached hydrogen (secondary N) is 1. The van der Waals surface area contributed by atoms with Gasteiger partial charge in [0.15, 0.2) is 5.76 Å². The van der Waals surface area contributed by atoms with Crippen LogP contribution in [0.2, 0.25) is 0 Å². The van der Waals surface area contributed by atoms with Crippen LogP contribution in [0.1, 0.15) is 30.7 Å². The van der Waals surface area contributed by atoms with Crippen molar-refractivity contribution >= 4 is 28.5 Å². The SMILES string of the molecule is C#CCNC(=O)C1=C[C@H](c2ccc(I)cc2)C[C@H](OCCCCO)O1. The van der Waals surface area contributed by atoms with E-state index in [-0.39, 0.29) is 30.7 Å². The van der Waals surface area contributed by atoms with Crippen LogP contribution in [0.5, 0.6) is 0 Å². The predicted molar refractivity (Wildman–Crippen MR) is 104 cm³/mol. The molecule has 0 bridgehead atoms. The van der Waals surface area contributed by atoms with Crippen LogP contribution in [0.25, 0.3) is 0 Å². The molecule has 0 spiro atoms. The highest BCUT2D eigenvalue weighted by Crippen LogP contribution is 2.31. The number of carbonyl (C=O) groups excluding carboxylic acids is 1. The van der Waals surface area contributed by atoms with Gasteiger partial charge in [-0.3, -0.25) is 4.79 Å². The van der Waals surface area contributed by atoms with Gasteiger partial charge in [-0.15, -0.1) is 6.42 Å². The van der Waals surface area contributed by atoms with Crippen LogP contribution in [-0.2, 0) is 14.3 Å². The first-order valence-electron chi connectivity index (χ1n) is 8.22. The van der Waals surface area contributed by atoms with Gasteiger partial charge in [-0.05, 0) is 59.2 Å². The number of allylic oxidation sites excluding steroid dienone is 1. The van der Waals surface area contributed by atoms with Crippen molar-refractivity contribution in [2.24, 2.45) is 0 Å². The Morgan fingerprint density at radius 1 is 1.40 bits per heavy atom. The van der Waals surface area contributed by atoms with Gasteiger partial charge in [-0.25, -0.2) is 0 Å². The monoisotopic (exact) mass is 455 g/mol. The van der Waals surface area contributed by atoms with E-state index in [1.54, 1.807) is 0 Å². The molecule has 0 saturated carbocycles. The number of aliphatic hydroxyl groups excluding tert-OH is 1. The fourth-order valence-electron chi connectivity index (χ4n) is 2.51. The summed E-state index contributed by atoms with van der Waals surface area (Å²) in [5.74, 6) is 2.30. The number of terminal acetylenes is 1. The molecular weight excluding hydrogens is 433 g/mol. The zero-order chi connectivity index (χ0) is 18.1. The Balaban J connectivity index is 2.10. The molecule has 1 aliphatic rings. The van der Waals surface area contributed by atoms with E-state index < -0.39 is 6.29 Å². The molecule has 1 heterocycles. The minimum atomic E-state index is -0.500. The lowest BCUT2D eigenvalue weighted by Crippen LogP contribution is -2.33. The summed E-state index contributed by atoms with van der Waals surface area (Å²) in [5.41, 5.74) is 1.11. The topological polar surface area (TPSA) is 67.8 Å². The molecule has 0 unspecified atom stereocenters. The molecule has 1 aromatic carbocycles. The Morgan fingerprint density at radius 2 is 2.16 bits per heavy atom. The van der Waals surface area contributed by atoms with E-state index in [0.717, 1.165) is 15.6 Å². The molecular formula is C19H22INO4. The fraction of sp³-hybridized carbons (Fsp3) is 0.421. The van der Waals surface area contributed by atoms with Gasteiger partial charge in [0.05, 0.1) is 13.2 Å². The van der Waals surface area contributed by atoms with E-state index >= 15 is 0 Å². The molecule has 2 rings (SSSR count). The summed E-state index contributed by atoms with van der Waals surface area (Å²) in [4.78, 5) is 12.2. The third-order valence-corrected chi connectivity index (χ3v) is 4.51. The summed E-state index contributed by atoms with van der Waals surface area (Å²) >= 11 is 2.26. The predicted octanol–water partition coefficient (Wildman–Crippen LogP) is 2.54. The third kappa shape index (κ3) is 6.34. The van der Waals surface area contributed by atoms with Crippen LogP contribution in [0, 0.1) is 15.9 Å². The molecule has 0 radical (unpaired) electrons. The van der Waals surface area contributed by atoms with Crippen LogP contribution >= 0.6 is 22.6 Å². The highest BCUT2D eigenvalue weighted by Gasteiger charge is 2.28. The maximum atomic E-state index is 12.2. The number of aliphatic hydroxyl groups is 1. The molecule has 1 amide bonds. The van der Waals surface area contributed by atoms with Crippen molar-refractivity contribution in [2.75, 3.05) is 19.8 Å². The van der Waals surface area contributed by atoms with Crippen LogP contribution in [0.15, 0.2) is 36.1 Å². The second-order valence-electron chi connectivity index (χ2n) is 5.66. The van der Waals surface area contributed by atoms with E-state index in [0.29, 0.717) is 19.4 Å². The first kappa shape index (κ1) is 19.8. The molecule has 25 heavy (non-hydrogen) atoms. The molecule has 0 aromatic heterocycles. The standard InChI is InChI=1S/C19H22INO4/c1-2-9-21-19(23)17-12-15(14-5-7-16(20)8-6-14)13-18(25-17)24-11-4-3-10-22/h1,5-8,12,15,18,22H,3-4,9-11,13H2,(H,21,23)/t15-,18+/m0/s1. The molecule has 1 aliphatic heterocycles. The third-order valence-electron chi connectivity index (χ3n) is 3.79. The van der Waals surface area contributed by atoms with Gasteiger partial charge < -0.3 is 19.9 Å². The highest BCUT2D eigenvalue weighted by atomic mass is 127. The Labute approximate surface area is 161 Å². The number of unbranched alkanes of at least 4 members (excludes halogenated alkanes) is 1. The Hall–Kier alpha value is -1.56. The van der Waals surface area contributed by atoms with Crippen molar-refractivity contribution in [1.82, 2.24) is 5.32 Å². The van der Waals surface area contributed by atoms with E-state index in [2.05, 4.69) is 33.8 Å².